The molecule has 6 heteroatoms. The number of halogens is 3. The van der Waals surface area contributed by atoms with Crippen molar-refractivity contribution in [2.75, 3.05) is 7.11 Å². The van der Waals surface area contributed by atoms with Gasteiger partial charge in [-0.25, -0.2) is 0 Å². The first kappa shape index (κ1) is 13.5. The molecule has 0 amide bonds. The Morgan fingerprint density at radius 3 is 2.29 bits per heavy atom. The monoisotopic (exact) mass is 293 g/mol. The summed E-state index contributed by atoms with van der Waals surface area (Å²) < 4.78 is 40.6. The number of fused-ring (bicyclic) bond motifs is 3. The zero-order valence-electron chi connectivity index (χ0n) is 10.9. The van der Waals surface area contributed by atoms with Crippen LogP contribution in [-0.4, -0.2) is 11.8 Å². The van der Waals surface area contributed by atoms with Crippen molar-refractivity contribution in [3.63, 3.8) is 0 Å². The average Bonchev–Trinajstić information content (AvgIpc) is 2.46. The summed E-state index contributed by atoms with van der Waals surface area (Å²) in [7, 11) is 1.25. The van der Waals surface area contributed by atoms with Crippen LogP contribution in [0.2, 0.25) is 0 Å². The lowest BCUT2D eigenvalue weighted by Crippen LogP contribution is -2.26. The summed E-state index contributed by atoms with van der Waals surface area (Å²) in [6.07, 6.45) is -4.52. The number of nitrogens with zero attached hydrogens (tertiary/aromatic N) is 1. The lowest BCUT2D eigenvalue weighted by Gasteiger charge is -2.15. The Hall–Kier alpha value is -2.50. The smallest absolute Gasteiger partial charge is 0.413 e. The van der Waals surface area contributed by atoms with E-state index in [4.69, 9.17) is 4.84 Å². The Bertz CT molecular complexity index is 897. The second kappa shape index (κ2) is 4.51. The lowest BCUT2D eigenvalue weighted by molar-refractivity contribution is -0.136. The Morgan fingerprint density at radius 1 is 1.00 bits per heavy atom. The Kier molecular flexibility index (Phi) is 2.90. The van der Waals surface area contributed by atoms with Gasteiger partial charge in [0.15, 0.2) is 0 Å². The van der Waals surface area contributed by atoms with Crippen LogP contribution < -0.4 is 10.4 Å². The predicted molar refractivity (Wildman–Crippen MR) is 73.2 cm³/mol. The van der Waals surface area contributed by atoms with Crippen LogP contribution in [0.5, 0.6) is 0 Å². The van der Waals surface area contributed by atoms with E-state index in [-0.39, 0.29) is 21.7 Å². The molecule has 0 aliphatic rings. The minimum atomic E-state index is -4.52. The predicted octanol–water partition coefficient (Wildman–Crippen LogP) is 3.23. The van der Waals surface area contributed by atoms with Crippen molar-refractivity contribution in [3.05, 3.63) is 58.4 Å². The fourth-order valence-corrected chi connectivity index (χ4v) is 2.52. The molecule has 108 valence electrons. The van der Waals surface area contributed by atoms with E-state index in [1.165, 1.54) is 31.4 Å². The molecule has 0 unspecified atom stereocenters. The summed E-state index contributed by atoms with van der Waals surface area (Å²) in [5.41, 5.74) is -1.18. The van der Waals surface area contributed by atoms with Crippen LogP contribution in [0.3, 0.4) is 0 Å². The van der Waals surface area contributed by atoms with Crippen LogP contribution in [0.4, 0.5) is 13.2 Å². The molecule has 0 N–H and O–H groups in total. The number of hydrogen-bond donors (Lipinski definition) is 0. The second-order valence-electron chi connectivity index (χ2n) is 4.53. The highest BCUT2D eigenvalue weighted by Gasteiger charge is 2.33. The SMILES string of the molecule is COn1c(=O)c2ccccc2c2c(C(F)(F)F)cccc21. The molecular weight excluding hydrogens is 283 g/mol. The minimum Gasteiger partial charge on any atom is -0.413 e. The molecule has 3 rings (SSSR count). The molecule has 3 aromatic rings. The van der Waals surface area contributed by atoms with Crippen LogP contribution in [0.15, 0.2) is 47.3 Å². The van der Waals surface area contributed by atoms with E-state index in [9.17, 15) is 18.0 Å². The molecule has 0 atom stereocenters. The fraction of sp³-hybridized carbons (Fsp3) is 0.133. The van der Waals surface area contributed by atoms with Crippen molar-refractivity contribution in [1.82, 2.24) is 4.73 Å². The molecule has 0 saturated carbocycles. The molecule has 1 aromatic heterocycles. The van der Waals surface area contributed by atoms with Gasteiger partial charge in [0.2, 0.25) is 0 Å². The number of hydrogen-bond acceptors (Lipinski definition) is 2. The van der Waals surface area contributed by atoms with E-state index in [2.05, 4.69) is 0 Å². The van der Waals surface area contributed by atoms with Crippen molar-refractivity contribution in [1.29, 1.82) is 0 Å². The summed E-state index contributed by atoms with van der Waals surface area (Å²) in [6.45, 7) is 0. The standard InChI is InChI=1S/C15H10F3NO2/c1-21-19-12-8-4-7-11(15(16,17)18)13(12)9-5-2-3-6-10(9)14(19)20/h2-8H,1H3. The quantitative estimate of drug-likeness (QED) is 0.645. The molecular formula is C15H10F3NO2. The van der Waals surface area contributed by atoms with Gasteiger partial charge in [0.05, 0.1) is 16.5 Å². The third kappa shape index (κ3) is 1.94. The van der Waals surface area contributed by atoms with E-state index < -0.39 is 17.3 Å². The first-order valence-electron chi connectivity index (χ1n) is 6.13. The van der Waals surface area contributed by atoms with Crippen LogP contribution in [0, 0.1) is 0 Å². The van der Waals surface area contributed by atoms with Gasteiger partial charge < -0.3 is 4.84 Å². The number of benzene rings is 2. The topological polar surface area (TPSA) is 31.2 Å². The van der Waals surface area contributed by atoms with Gasteiger partial charge in [0, 0.05) is 5.39 Å². The zero-order valence-corrected chi connectivity index (χ0v) is 10.9. The van der Waals surface area contributed by atoms with Gasteiger partial charge >= 0.3 is 6.18 Å². The number of rotatable bonds is 1. The van der Waals surface area contributed by atoms with Gasteiger partial charge in [0.1, 0.15) is 7.11 Å². The van der Waals surface area contributed by atoms with Crippen molar-refractivity contribution >= 4 is 21.7 Å². The first-order chi connectivity index (χ1) is 9.95. The Labute approximate surface area is 117 Å². The van der Waals surface area contributed by atoms with Gasteiger partial charge in [-0.2, -0.15) is 13.2 Å². The molecule has 0 saturated heterocycles. The van der Waals surface area contributed by atoms with Crippen molar-refractivity contribution < 1.29 is 18.0 Å². The number of alkyl halides is 3. The van der Waals surface area contributed by atoms with Crippen LogP contribution in [0.1, 0.15) is 5.56 Å². The third-order valence-electron chi connectivity index (χ3n) is 3.36. The molecule has 0 fully saturated rings. The van der Waals surface area contributed by atoms with E-state index in [0.29, 0.717) is 0 Å². The minimum absolute atomic E-state index is 0.0398. The maximum Gasteiger partial charge on any atom is 0.417 e. The van der Waals surface area contributed by atoms with Crippen molar-refractivity contribution in [2.24, 2.45) is 0 Å². The van der Waals surface area contributed by atoms with Crippen LogP contribution >= 0.6 is 0 Å². The van der Waals surface area contributed by atoms with Crippen molar-refractivity contribution in [2.45, 2.75) is 6.18 Å². The zero-order chi connectivity index (χ0) is 15.2. The van der Waals surface area contributed by atoms with Gasteiger partial charge in [-0.1, -0.05) is 24.3 Å². The number of aromatic nitrogens is 1. The van der Waals surface area contributed by atoms with Crippen molar-refractivity contribution in [3.8, 4) is 0 Å². The molecule has 21 heavy (non-hydrogen) atoms. The summed E-state index contributed by atoms with van der Waals surface area (Å²) >= 11 is 0. The molecule has 0 aliphatic heterocycles. The number of pyridine rings is 1. The van der Waals surface area contributed by atoms with Gasteiger partial charge in [-0.05, 0) is 23.6 Å². The van der Waals surface area contributed by atoms with Gasteiger partial charge in [-0.3, -0.25) is 4.79 Å². The summed E-state index contributed by atoms with van der Waals surface area (Å²) in [5, 5.41) is 0.407. The normalized spacial score (nSPS) is 12.0. The molecule has 0 aliphatic carbocycles. The largest absolute Gasteiger partial charge is 0.417 e. The highest BCUT2D eigenvalue weighted by Crippen LogP contribution is 2.37. The molecule has 3 nitrogen and oxygen atoms in total. The van der Waals surface area contributed by atoms with E-state index >= 15 is 0 Å². The van der Waals surface area contributed by atoms with Gasteiger partial charge in [-0.15, -0.1) is 4.73 Å². The summed E-state index contributed by atoms with van der Waals surface area (Å²) in [5.74, 6) is 0. The molecule has 0 spiro atoms. The summed E-state index contributed by atoms with van der Waals surface area (Å²) in [6, 6.07) is 9.89. The Morgan fingerprint density at radius 2 is 1.67 bits per heavy atom. The van der Waals surface area contributed by atoms with E-state index in [1.54, 1.807) is 12.1 Å². The van der Waals surface area contributed by atoms with E-state index in [1.807, 2.05) is 0 Å². The van der Waals surface area contributed by atoms with E-state index in [0.717, 1.165) is 10.8 Å². The average molecular weight is 293 g/mol. The Balaban J connectivity index is 2.67. The van der Waals surface area contributed by atoms with Crippen LogP contribution in [0.25, 0.3) is 21.7 Å². The van der Waals surface area contributed by atoms with Gasteiger partial charge in [0.25, 0.3) is 5.56 Å². The van der Waals surface area contributed by atoms with Crippen LogP contribution in [-0.2, 0) is 6.18 Å². The molecule has 0 bridgehead atoms. The highest BCUT2D eigenvalue weighted by atomic mass is 19.4. The fourth-order valence-electron chi connectivity index (χ4n) is 2.52. The second-order valence-corrected chi connectivity index (χ2v) is 4.53. The molecule has 2 aromatic carbocycles. The first-order valence-corrected chi connectivity index (χ1v) is 6.13. The maximum absolute atomic E-state index is 13.3. The maximum atomic E-state index is 13.3. The lowest BCUT2D eigenvalue weighted by atomic mass is 10.0. The summed E-state index contributed by atoms with van der Waals surface area (Å²) in [4.78, 5) is 17.3. The highest BCUT2D eigenvalue weighted by molar-refractivity contribution is 6.07. The third-order valence-corrected chi connectivity index (χ3v) is 3.36. The molecule has 0 radical (unpaired) electrons. The molecule has 1 heterocycles.